The van der Waals surface area contributed by atoms with Crippen molar-refractivity contribution >= 4 is 28.8 Å². The van der Waals surface area contributed by atoms with Crippen molar-refractivity contribution in [1.82, 2.24) is 0 Å². The minimum absolute atomic E-state index is 0.123. The van der Waals surface area contributed by atoms with Crippen LogP contribution in [0.4, 0.5) is 15.8 Å². The molecule has 0 aliphatic carbocycles. The topological polar surface area (TPSA) is 81.1 Å². The predicted octanol–water partition coefficient (Wildman–Crippen LogP) is 5.62. The van der Waals surface area contributed by atoms with Gasteiger partial charge >= 0.3 is 0 Å². The summed E-state index contributed by atoms with van der Waals surface area (Å²) in [5, 5.41) is 21.9. The van der Waals surface area contributed by atoms with Gasteiger partial charge in [0.05, 0.1) is 17.3 Å². The molecule has 4 rings (SSSR count). The first-order valence-electron chi connectivity index (χ1n) is 11.9. The molecule has 186 valence electrons. The van der Waals surface area contributed by atoms with Crippen molar-refractivity contribution in [1.29, 1.82) is 0 Å². The quantitative estimate of drug-likeness (QED) is 0.267. The average molecular weight is 489 g/mol. The highest BCUT2D eigenvalue weighted by atomic mass is 19.1. The first-order chi connectivity index (χ1) is 17.2. The lowest BCUT2D eigenvalue weighted by atomic mass is 9.94. The molecule has 1 saturated heterocycles. The smallest absolute Gasteiger partial charge is 0.300 e. The van der Waals surface area contributed by atoms with Crippen molar-refractivity contribution < 1.29 is 24.2 Å². The Hall–Kier alpha value is -4.13. The minimum atomic E-state index is -0.992. The summed E-state index contributed by atoms with van der Waals surface area (Å²) < 4.78 is 13.9. The van der Waals surface area contributed by atoms with Gasteiger partial charge in [-0.1, -0.05) is 18.2 Å². The Morgan fingerprint density at radius 1 is 0.972 bits per heavy atom. The number of phenolic OH excluding ortho intramolecular Hbond substituents is 1. The Morgan fingerprint density at radius 2 is 1.64 bits per heavy atom. The van der Waals surface area contributed by atoms with Crippen LogP contribution in [0.3, 0.4) is 0 Å². The number of carbonyl (C=O) groups is 2. The van der Waals surface area contributed by atoms with E-state index in [0.29, 0.717) is 11.1 Å². The highest BCUT2D eigenvalue weighted by molar-refractivity contribution is 6.52. The van der Waals surface area contributed by atoms with E-state index in [-0.39, 0.29) is 22.6 Å². The molecule has 0 radical (unpaired) electrons. The maximum absolute atomic E-state index is 13.9. The molecule has 0 spiro atoms. The highest BCUT2D eigenvalue weighted by Crippen LogP contribution is 2.45. The van der Waals surface area contributed by atoms with Gasteiger partial charge in [0.25, 0.3) is 11.7 Å². The lowest BCUT2D eigenvalue weighted by Crippen LogP contribution is -2.29. The second-order valence-electron chi connectivity index (χ2n) is 8.89. The summed E-state index contributed by atoms with van der Waals surface area (Å²) in [6.07, 6.45) is 0. The summed E-state index contributed by atoms with van der Waals surface area (Å²) in [6.45, 7) is 9.10. The van der Waals surface area contributed by atoms with Crippen LogP contribution in [0.1, 0.15) is 42.1 Å². The van der Waals surface area contributed by atoms with E-state index in [2.05, 4.69) is 18.7 Å². The lowest BCUT2D eigenvalue weighted by molar-refractivity contribution is -0.132. The number of nitrogens with zero attached hydrogens (tertiary/aromatic N) is 2. The highest BCUT2D eigenvalue weighted by Gasteiger charge is 2.47. The first kappa shape index (κ1) is 25.0. The van der Waals surface area contributed by atoms with E-state index in [4.69, 9.17) is 0 Å². The number of hydrogen-bond acceptors (Lipinski definition) is 5. The zero-order chi connectivity index (χ0) is 26.1. The number of carbonyl (C=O) groups excluding carboxylic acids is 2. The SMILES string of the molecule is CCN(CC)c1ccc(C2/C(=C(/O)c3ccc(F)c(C)c3)C(=O)C(=O)N2c2cc(C)ccc2O)cc1. The number of benzene rings is 3. The fraction of sp³-hybridized carbons (Fsp3) is 0.241. The van der Waals surface area contributed by atoms with Crippen LogP contribution >= 0.6 is 0 Å². The molecule has 1 aliphatic rings. The van der Waals surface area contributed by atoms with E-state index in [1.54, 1.807) is 19.1 Å². The van der Waals surface area contributed by atoms with Crippen LogP contribution in [0.2, 0.25) is 0 Å². The summed E-state index contributed by atoms with van der Waals surface area (Å²) in [7, 11) is 0. The van der Waals surface area contributed by atoms with Gasteiger partial charge in [0.2, 0.25) is 0 Å². The summed E-state index contributed by atoms with van der Waals surface area (Å²) in [4.78, 5) is 30.1. The molecule has 1 heterocycles. The Bertz CT molecular complexity index is 1360. The molecule has 6 nitrogen and oxygen atoms in total. The fourth-order valence-corrected chi connectivity index (χ4v) is 4.63. The third kappa shape index (κ3) is 4.33. The number of halogens is 1. The fourth-order valence-electron chi connectivity index (χ4n) is 4.63. The molecule has 7 heteroatoms. The number of anilines is 2. The van der Waals surface area contributed by atoms with Crippen molar-refractivity contribution in [3.8, 4) is 5.75 Å². The van der Waals surface area contributed by atoms with Gasteiger partial charge in [-0.3, -0.25) is 14.5 Å². The normalized spacial score (nSPS) is 17.0. The number of phenols is 1. The Kier molecular flexibility index (Phi) is 6.84. The molecule has 36 heavy (non-hydrogen) atoms. The molecule has 1 aliphatic heterocycles. The van der Waals surface area contributed by atoms with Gasteiger partial charge in [0.15, 0.2) is 0 Å². The zero-order valence-corrected chi connectivity index (χ0v) is 20.7. The van der Waals surface area contributed by atoms with Gasteiger partial charge in [0, 0.05) is 24.3 Å². The van der Waals surface area contributed by atoms with E-state index in [0.717, 1.165) is 24.3 Å². The number of aliphatic hydroxyl groups is 1. The number of Topliss-reactive ketones (excluding diaryl/α,β-unsaturated/α-hetero) is 1. The van der Waals surface area contributed by atoms with Gasteiger partial charge in [-0.25, -0.2) is 4.39 Å². The number of hydrogen-bond donors (Lipinski definition) is 2. The molecule has 2 N–H and O–H groups in total. The molecule has 1 atom stereocenters. The van der Waals surface area contributed by atoms with Crippen LogP contribution in [0.5, 0.6) is 5.75 Å². The van der Waals surface area contributed by atoms with Crippen molar-refractivity contribution in [3.63, 3.8) is 0 Å². The van der Waals surface area contributed by atoms with Gasteiger partial charge in [0.1, 0.15) is 17.3 Å². The molecule has 1 amide bonds. The summed E-state index contributed by atoms with van der Waals surface area (Å²) in [5.74, 6) is -2.75. The largest absolute Gasteiger partial charge is 0.507 e. The second-order valence-corrected chi connectivity index (χ2v) is 8.89. The number of aromatic hydroxyl groups is 1. The van der Waals surface area contributed by atoms with Gasteiger partial charge in [-0.15, -0.1) is 0 Å². The first-order valence-corrected chi connectivity index (χ1v) is 11.9. The molecule has 0 aromatic heterocycles. The van der Waals surface area contributed by atoms with E-state index in [9.17, 15) is 24.2 Å². The lowest BCUT2D eigenvalue weighted by Gasteiger charge is -2.27. The standard InChI is InChI=1S/C29H29FN2O4/c1-5-31(6-2)21-11-8-19(9-12-21)26-25(27(34)20-10-13-22(30)18(4)16-20)28(35)29(36)32(26)23-15-17(3)7-14-24(23)33/h7-16,26,33-34H,5-6H2,1-4H3/b27-25-. The van der Waals surface area contributed by atoms with Crippen molar-refractivity contribution in [3.05, 3.63) is 94.3 Å². The second kappa shape index (κ2) is 9.85. The molecule has 3 aromatic carbocycles. The number of amides is 1. The molecule has 1 fully saturated rings. The zero-order valence-electron chi connectivity index (χ0n) is 20.7. The van der Waals surface area contributed by atoms with Crippen molar-refractivity contribution in [2.75, 3.05) is 22.9 Å². The van der Waals surface area contributed by atoms with E-state index >= 15 is 0 Å². The molecule has 1 unspecified atom stereocenters. The molecule has 0 bridgehead atoms. The number of rotatable bonds is 6. The minimum Gasteiger partial charge on any atom is -0.507 e. The Labute approximate surface area is 209 Å². The number of aryl methyl sites for hydroxylation is 2. The van der Waals surface area contributed by atoms with Crippen LogP contribution in [-0.2, 0) is 9.59 Å². The monoisotopic (exact) mass is 488 g/mol. The van der Waals surface area contributed by atoms with E-state index in [1.165, 1.54) is 29.2 Å². The molecular formula is C29H29FN2O4. The third-order valence-corrected chi connectivity index (χ3v) is 6.60. The van der Waals surface area contributed by atoms with Gasteiger partial charge in [-0.05, 0) is 86.8 Å². The van der Waals surface area contributed by atoms with E-state index < -0.39 is 29.3 Å². The summed E-state index contributed by atoms with van der Waals surface area (Å²) >= 11 is 0. The van der Waals surface area contributed by atoms with E-state index in [1.807, 2.05) is 31.2 Å². The van der Waals surface area contributed by atoms with Crippen LogP contribution in [0.15, 0.2) is 66.2 Å². The van der Waals surface area contributed by atoms with Gasteiger partial charge < -0.3 is 15.1 Å². The molecular weight excluding hydrogens is 459 g/mol. The Morgan fingerprint density at radius 3 is 2.25 bits per heavy atom. The van der Waals surface area contributed by atoms with Crippen LogP contribution in [-0.4, -0.2) is 35.0 Å². The summed E-state index contributed by atoms with van der Waals surface area (Å²) in [5.41, 5.74) is 2.93. The van der Waals surface area contributed by atoms with Crippen molar-refractivity contribution in [2.45, 2.75) is 33.7 Å². The maximum Gasteiger partial charge on any atom is 0.300 e. The molecule has 3 aromatic rings. The number of ketones is 1. The molecule has 0 saturated carbocycles. The van der Waals surface area contributed by atoms with Gasteiger partial charge in [-0.2, -0.15) is 0 Å². The maximum atomic E-state index is 13.9. The Balaban J connectivity index is 1.94. The third-order valence-electron chi connectivity index (χ3n) is 6.60. The predicted molar refractivity (Wildman–Crippen MR) is 139 cm³/mol. The van der Waals surface area contributed by atoms with Crippen LogP contribution in [0, 0.1) is 19.7 Å². The average Bonchev–Trinajstić information content (AvgIpc) is 3.13. The number of aliphatic hydroxyl groups excluding tert-OH is 1. The van der Waals surface area contributed by atoms with Crippen LogP contribution in [0.25, 0.3) is 5.76 Å². The van der Waals surface area contributed by atoms with Crippen LogP contribution < -0.4 is 9.80 Å². The summed E-state index contributed by atoms with van der Waals surface area (Å²) in [6, 6.07) is 15.2. The van der Waals surface area contributed by atoms with Crippen molar-refractivity contribution in [2.24, 2.45) is 0 Å².